The molecule has 0 spiro atoms. The highest BCUT2D eigenvalue weighted by Gasteiger charge is 2.05. The third-order valence-corrected chi connectivity index (χ3v) is 3.36. The molecule has 1 aromatic rings. The van der Waals surface area contributed by atoms with Gasteiger partial charge >= 0.3 is 0 Å². The van der Waals surface area contributed by atoms with Crippen LogP contribution in [0, 0.1) is 5.92 Å². The summed E-state index contributed by atoms with van der Waals surface area (Å²) in [6.45, 7) is 6.05. The van der Waals surface area contributed by atoms with Crippen molar-refractivity contribution < 1.29 is 4.74 Å². The number of hydrogen-bond acceptors (Lipinski definition) is 5. The summed E-state index contributed by atoms with van der Waals surface area (Å²) in [7, 11) is 0. The average Bonchev–Trinajstić information content (AvgIpc) is 2.34. The number of hydrogen-bond donors (Lipinski definition) is 1. The minimum absolute atomic E-state index is 0.395. The van der Waals surface area contributed by atoms with Crippen molar-refractivity contribution in [2.45, 2.75) is 20.5 Å². The molecule has 0 saturated carbocycles. The van der Waals surface area contributed by atoms with Crippen molar-refractivity contribution in [3.63, 3.8) is 0 Å². The SMILES string of the molecule is CCOCc1nc(Cl)cc(NCC(C)CSC)n1. The van der Waals surface area contributed by atoms with Crippen LogP contribution < -0.4 is 5.32 Å². The molecule has 1 rings (SSSR count). The highest BCUT2D eigenvalue weighted by Crippen LogP contribution is 2.13. The zero-order valence-corrected chi connectivity index (χ0v) is 12.6. The Morgan fingerprint density at radius 3 is 2.94 bits per heavy atom. The van der Waals surface area contributed by atoms with Gasteiger partial charge in [-0.15, -0.1) is 0 Å². The first-order valence-electron chi connectivity index (χ1n) is 5.99. The van der Waals surface area contributed by atoms with Gasteiger partial charge in [0, 0.05) is 19.2 Å². The number of ether oxygens (including phenoxy) is 1. The molecule has 1 atom stereocenters. The van der Waals surface area contributed by atoms with Gasteiger partial charge in [-0.2, -0.15) is 11.8 Å². The zero-order valence-electron chi connectivity index (χ0n) is 11.1. The summed E-state index contributed by atoms with van der Waals surface area (Å²) in [6.07, 6.45) is 2.11. The molecule has 1 aromatic heterocycles. The molecule has 0 aliphatic rings. The fraction of sp³-hybridized carbons (Fsp3) is 0.667. The first-order chi connectivity index (χ1) is 8.65. The van der Waals surface area contributed by atoms with Crippen LogP contribution in [0.1, 0.15) is 19.7 Å². The van der Waals surface area contributed by atoms with Crippen LogP contribution >= 0.6 is 23.4 Å². The highest BCUT2D eigenvalue weighted by atomic mass is 35.5. The lowest BCUT2D eigenvalue weighted by molar-refractivity contribution is 0.128. The van der Waals surface area contributed by atoms with E-state index in [-0.39, 0.29) is 0 Å². The summed E-state index contributed by atoms with van der Waals surface area (Å²) in [5.41, 5.74) is 0. The van der Waals surface area contributed by atoms with Crippen LogP contribution in [0.3, 0.4) is 0 Å². The molecular formula is C12H20ClN3OS. The Kier molecular flexibility index (Phi) is 7.39. The maximum Gasteiger partial charge on any atom is 0.158 e. The number of thioether (sulfide) groups is 1. The van der Waals surface area contributed by atoms with E-state index in [1.54, 1.807) is 6.07 Å². The van der Waals surface area contributed by atoms with Crippen molar-refractivity contribution >= 4 is 29.2 Å². The molecular weight excluding hydrogens is 270 g/mol. The van der Waals surface area contributed by atoms with Gasteiger partial charge in [0.2, 0.25) is 0 Å². The maximum absolute atomic E-state index is 5.95. The number of halogens is 1. The van der Waals surface area contributed by atoms with E-state index in [0.717, 1.165) is 18.1 Å². The molecule has 0 aliphatic carbocycles. The molecule has 0 bridgehead atoms. The predicted molar refractivity (Wildman–Crippen MR) is 78.4 cm³/mol. The van der Waals surface area contributed by atoms with E-state index in [1.165, 1.54) is 0 Å². The van der Waals surface area contributed by atoms with Crippen molar-refractivity contribution in [2.24, 2.45) is 5.92 Å². The number of nitrogens with zero attached hydrogens (tertiary/aromatic N) is 2. The second-order valence-corrected chi connectivity index (χ2v) is 5.37. The zero-order chi connectivity index (χ0) is 13.4. The Balaban J connectivity index is 2.56. The van der Waals surface area contributed by atoms with Crippen LogP contribution in [-0.2, 0) is 11.3 Å². The summed E-state index contributed by atoms with van der Waals surface area (Å²) in [5, 5.41) is 3.73. The summed E-state index contributed by atoms with van der Waals surface area (Å²) < 4.78 is 5.28. The molecule has 4 nitrogen and oxygen atoms in total. The third kappa shape index (κ3) is 5.89. The molecule has 0 fully saturated rings. The van der Waals surface area contributed by atoms with E-state index >= 15 is 0 Å². The molecule has 6 heteroatoms. The van der Waals surface area contributed by atoms with Crippen LogP contribution in [0.5, 0.6) is 0 Å². The lowest BCUT2D eigenvalue weighted by atomic mass is 10.2. The van der Waals surface area contributed by atoms with Crippen LogP contribution in [0.2, 0.25) is 5.15 Å². The van der Waals surface area contributed by atoms with Gasteiger partial charge < -0.3 is 10.1 Å². The average molecular weight is 290 g/mol. The lowest BCUT2D eigenvalue weighted by Gasteiger charge is -2.12. The Bertz CT molecular complexity index is 365. The molecule has 18 heavy (non-hydrogen) atoms. The Morgan fingerprint density at radius 1 is 1.50 bits per heavy atom. The predicted octanol–water partition coefficient (Wildman–Crippen LogP) is 3.08. The molecule has 102 valence electrons. The highest BCUT2D eigenvalue weighted by molar-refractivity contribution is 7.98. The monoisotopic (exact) mass is 289 g/mol. The normalized spacial score (nSPS) is 12.4. The summed E-state index contributed by atoms with van der Waals surface area (Å²) in [4.78, 5) is 8.48. The standard InChI is InChI=1S/C12H20ClN3OS/c1-4-17-7-12-15-10(13)5-11(16-12)14-6-9(2)8-18-3/h5,9H,4,6-8H2,1-3H3,(H,14,15,16). The fourth-order valence-corrected chi connectivity index (χ4v) is 2.32. The molecule has 1 unspecified atom stereocenters. The lowest BCUT2D eigenvalue weighted by Crippen LogP contribution is -2.15. The Hall–Kier alpha value is -0.520. The van der Waals surface area contributed by atoms with Crippen LogP contribution in [0.4, 0.5) is 5.82 Å². The van der Waals surface area contributed by atoms with E-state index in [9.17, 15) is 0 Å². The molecule has 0 aromatic carbocycles. The second kappa shape index (κ2) is 8.56. The first-order valence-corrected chi connectivity index (χ1v) is 7.76. The number of rotatable bonds is 8. The minimum atomic E-state index is 0.395. The minimum Gasteiger partial charge on any atom is -0.374 e. The molecule has 0 saturated heterocycles. The molecule has 0 radical (unpaired) electrons. The first kappa shape index (κ1) is 15.5. The van der Waals surface area contributed by atoms with E-state index in [2.05, 4.69) is 28.5 Å². The maximum atomic E-state index is 5.95. The van der Waals surface area contributed by atoms with Gasteiger partial charge in [-0.05, 0) is 24.9 Å². The number of aromatic nitrogens is 2. The molecule has 0 aliphatic heterocycles. The van der Waals surface area contributed by atoms with Crippen LogP contribution in [-0.4, -0.2) is 35.1 Å². The topological polar surface area (TPSA) is 47.0 Å². The van der Waals surface area contributed by atoms with Gasteiger partial charge in [0.1, 0.15) is 17.6 Å². The van der Waals surface area contributed by atoms with Crippen molar-refractivity contribution in [1.29, 1.82) is 0 Å². The third-order valence-electron chi connectivity index (χ3n) is 2.26. The van der Waals surface area contributed by atoms with Gasteiger partial charge in [-0.25, -0.2) is 9.97 Å². The van der Waals surface area contributed by atoms with Crippen molar-refractivity contribution in [1.82, 2.24) is 9.97 Å². The molecule has 1 N–H and O–H groups in total. The second-order valence-electron chi connectivity index (χ2n) is 4.07. The molecule has 0 amide bonds. The van der Waals surface area contributed by atoms with Gasteiger partial charge in [-0.1, -0.05) is 18.5 Å². The fourth-order valence-electron chi connectivity index (χ4n) is 1.44. The van der Waals surface area contributed by atoms with Gasteiger partial charge in [0.25, 0.3) is 0 Å². The largest absolute Gasteiger partial charge is 0.374 e. The van der Waals surface area contributed by atoms with Gasteiger partial charge in [-0.3, -0.25) is 0 Å². The van der Waals surface area contributed by atoms with E-state index in [4.69, 9.17) is 16.3 Å². The van der Waals surface area contributed by atoms with Crippen molar-refractivity contribution in [2.75, 3.05) is 30.5 Å². The molecule has 1 heterocycles. The summed E-state index contributed by atoms with van der Waals surface area (Å²) in [6, 6.07) is 1.74. The van der Waals surface area contributed by atoms with E-state index < -0.39 is 0 Å². The Labute approximate surface area is 118 Å². The van der Waals surface area contributed by atoms with E-state index in [1.807, 2.05) is 18.7 Å². The summed E-state index contributed by atoms with van der Waals surface area (Å²) >= 11 is 7.80. The van der Waals surface area contributed by atoms with Crippen molar-refractivity contribution in [3.8, 4) is 0 Å². The van der Waals surface area contributed by atoms with Crippen molar-refractivity contribution in [3.05, 3.63) is 17.0 Å². The summed E-state index contributed by atoms with van der Waals surface area (Å²) in [5.74, 6) is 3.09. The van der Waals surface area contributed by atoms with Gasteiger partial charge in [0.15, 0.2) is 5.82 Å². The number of anilines is 1. The smallest absolute Gasteiger partial charge is 0.158 e. The van der Waals surface area contributed by atoms with E-state index in [0.29, 0.717) is 30.1 Å². The Morgan fingerprint density at radius 2 is 2.28 bits per heavy atom. The quantitative estimate of drug-likeness (QED) is 0.745. The van der Waals surface area contributed by atoms with Crippen LogP contribution in [0.15, 0.2) is 6.07 Å². The van der Waals surface area contributed by atoms with Gasteiger partial charge in [0.05, 0.1) is 0 Å². The number of nitrogens with one attached hydrogen (secondary N) is 1. The van der Waals surface area contributed by atoms with Crippen LogP contribution in [0.25, 0.3) is 0 Å².